The monoisotopic (exact) mass is 454 g/mol. The number of halogens is 2. The van der Waals surface area contributed by atoms with Crippen LogP contribution in [0, 0.1) is 13.8 Å². The third kappa shape index (κ3) is 9.36. The van der Waals surface area contributed by atoms with E-state index in [1.54, 1.807) is 24.3 Å². The van der Waals surface area contributed by atoms with E-state index in [0.717, 1.165) is 11.1 Å². The second-order valence-electron chi connectivity index (χ2n) is 4.71. The Balaban J connectivity index is 0. The van der Waals surface area contributed by atoms with Crippen LogP contribution in [-0.4, -0.2) is 16.8 Å². The number of hydrogen-bond donors (Lipinski definition) is 0. The van der Waals surface area contributed by atoms with Crippen molar-refractivity contribution in [1.29, 1.82) is 0 Å². The normalized spacial score (nSPS) is 10.6. The van der Waals surface area contributed by atoms with Gasteiger partial charge in [-0.1, -0.05) is 35.4 Å². The minimum absolute atomic E-state index is 0. The van der Waals surface area contributed by atoms with Gasteiger partial charge in [0.1, 0.15) is 20.0 Å². The number of nitrogens with zero attached hydrogens (tertiary/aromatic N) is 2. The molecule has 0 unspecified atom stereocenters. The SMILES string of the molecule is Cc1ccc(S(=O)(=O)[N-]Cl)cc1.Cc1ccc(S(=O)(=O)[N-]Cl)cc1.[Na+].[Na+]. The zero-order chi connectivity index (χ0) is 18.4. The van der Waals surface area contributed by atoms with E-state index in [4.69, 9.17) is 23.6 Å². The van der Waals surface area contributed by atoms with E-state index in [-0.39, 0.29) is 68.9 Å². The fourth-order valence-electron chi connectivity index (χ4n) is 1.50. The third-order valence-electron chi connectivity index (χ3n) is 2.82. The Labute approximate surface area is 209 Å². The predicted octanol–water partition coefficient (Wildman–Crippen LogP) is -1.57. The summed E-state index contributed by atoms with van der Waals surface area (Å²) in [6.07, 6.45) is 0. The van der Waals surface area contributed by atoms with Gasteiger partial charge in [0, 0.05) is 9.79 Å². The van der Waals surface area contributed by atoms with Gasteiger partial charge in [0.05, 0.1) is 0 Å². The molecule has 2 rings (SSSR count). The standard InChI is InChI=1S/2C7H7ClNO2S.2Na/c2*1-6-2-4-7(5-3-6)12(10,11)9-8;;/h2*2-5H,1H3;;/q2*-1;2*+1. The average Bonchev–Trinajstić information content (AvgIpc) is 2.56. The van der Waals surface area contributed by atoms with Gasteiger partial charge in [-0.3, -0.25) is 23.6 Å². The molecule has 26 heavy (non-hydrogen) atoms. The van der Waals surface area contributed by atoms with Gasteiger partial charge in [-0.25, -0.2) is 16.8 Å². The largest absolute Gasteiger partial charge is 1.00 e. The number of aryl methyl sites for hydroxylation is 2. The van der Waals surface area contributed by atoms with Crippen LogP contribution >= 0.6 is 23.6 Å². The Morgan fingerprint density at radius 2 is 0.846 bits per heavy atom. The van der Waals surface area contributed by atoms with Crippen LogP contribution in [-0.2, 0) is 20.0 Å². The summed E-state index contributed by atoms with van der Waals surface area (Å²) in [6, 6.07) is 12.6. The maximum atomic E-state index is 11.0. The van der Waals surface area contributed by atoms with Crippen molar-refractivity contribution < 1.29 is 76.0 Å². The maximum Gasteiger partial charge on any atom is 1.00 e. The Kier molecular flexibility index (Phi) is 14.7. The molecular weight excluding hydrogens is 441 g/mol. The molecule has 0 spiro atoms. The summed E-state index contributed by atoms with van der Waals surface area (Å²) >= 11 is 9.81. The molecule has 0 bridgehead atoms. The third-order valence-corrected chi connectivity index (χ3v) is 6.01. The molecule has 0 aliphatic carbocycles. The first-order valence-electron chi connectivity index (χ1n) is 6.42. The molecule has 0 aliphatic heterocycles. The molecule has 12 heteroatoms. The number of hydrogen-bond acceptors (Lipinski definition) is 4. The van der Waals surface area contributed by atoms with Crippen LogP contribution in [0.4, 0.5) is 0 Å². The summed E-state index contributed by atoms with van der Waals surface area (Å²) < 4.78 is 49.6. The zero-order valence-corrected chi connectivity index (χ0v) is 21.9. The van der Waals surface area contributed by atoms with Crippen LogP contribution < -0.4 is 59.1 Å². The molecule has 0 N–H and O–H groups in total. The molecule has 6 nitrogen and oxygen atoms in total. The van der Waals surface area contributed by atoms with E-state index in [1.165, 1.54) is 24.3 Å². The smallest absolute Gasteiger partial charge is 0.458 e. The van der Waals surface area contributed by atoms with Gasteiger partial charge in [0.15, 0.2) is 0 Å². The van der Waals surface area contributed by atoms with Crippen LogP contribution in [0.2, 0.25) is 0 Å². The van der Waals surface area contributed by atoms with Crippen molar-refractivity contribution in [2.24, 2.45) is 0 Å². The van der Waals surface area contributed by atoms with Gasteiger partial charge < -0.3 is 8.48 Å². The van der Waals surface area contributed by atoms with Gasteiger partial charge >= 0.3 is 59.1 Å². The van der Waals surface area contributed by atoms with Crippen molar-refractivity contribution >= 4 is 43.6 Å². The summed E-state index contributed by atoms with van der Waals surface area (Å²) in [4.78, 5) is 0.228. The van der Waals surface area contributed by atoms with E-state index >= 15 is 0 Å². The van der Waals surface area contributed by atoms with Gasteiger partial charge in [-0.15, -0.1) is 0 Å². The summed E-state index contributed by atoms with van der Waals surface area (Å²) in [7, 11) is -7.25. The Hall–Kier alpha value is 0.840. The van der Waals surface area contributed by atoms with Crippen molar-refractivity contribution in [1.82, 2.24) is 0 Å². The quantitative estimate of drug-likeness (QED) is 0.521. The molecular formula is C14H14Cl2N2Na2O4S2. The number of rotatable bonds is 4. The first-order chi connectivity index (χ1) is 11.1. The molecule has 0 aromatic heterocycles. The van der Waals surface area contributed by atoms with Crippen molar-refractivity contribution in [3.8, 4) is 0 Å². The second kappa shape index (κ2) is 13.1. The van der Waals surface area contributed by atoms with Crippen LogP contribution in [0.25, 0.3) is 8.48 Å². The topological polar surface area (TPSA) is 96.5 Å². The summed E-state index contributed by atoms with van der Waals surface area (Å²) in [5, 5.41) is 0. The first-order valence-corrected chi connectivity index (χ1v) is 9.98. The molecule has 0 amide bonds. The van der Waals surface area contributed by atoms with E-state index in [1.807, 2.05) is 13.8 Å². The van der Waals surface area contributed by atoms with Crippen molar-refractivity contribution in [2.75, 3.05) is 0 Å². The molecule has 132 valence electrons. The average molecular weight is 455 g/mol. The molecule has 0 radical (unpaired) electrons. The van der Waals surface area contributed by atoms with Crippen LogP contribution in [0.15, 0.2) is 58.3 Å². The fourth-order valence-corrected chi connectivity index (χ4v) is 3.10. The van der Waals surface area contributed by atoms with Crippen molar-refractivity contribution in [2.45, 2.75) is 23.6 Å². The molecule has 0 saturated heterocycles. The Morgan fingerprint density at radius 3 is 1.04 bits per heavy atom. The summed E-state index contributed by atoms with van der Waals surface area (Å²) in [5.41, 5.74) is 1.98. The first kappa shape index (κ1) is 29.0. The van der Waals surface area contributed by atoms with Gasteiger partial charge in [0.25, 0.3) is 0 Å². The van der Waals surface area contributed by atoms with Gasteiger partial charge in [-0.05, 0) is 38.1 Å². The molecule has 0 atom stereocenters. The van der Waals surface area contributed by atoms with Crippen LogP contribution in [0.5, 0.6) is 0 Å². The molecule has 0 fully saturated rings. The van der Waals surface area contributed by atoms with Crippen LogP contribution in [0.3, 0.4) is 0 Å². The summed E-state index contributed by atoms with van der Waals surface area (Å²) in [6.45, 7) is 3.74. The molecule has 2 aromatic carbocycles. The van der Waals surface area contributed by atoms with Crippen LogP contribution in [0.1, 0.15) is 11.1 Å². The molecule has 0 saturated carbocycles. The fraction of sp³-hybridized carbons (Fsp3) is 0.143. The Bertz CT molecular complexity index is 801. The minimum atomic E-state index is -3.62. The van der Waals surface area contributed by atoms with E-state index < -0.39 is 20.0 Å². The maximum absolute atomic E-state index is 11.0. The predicted molar refractivity (Wildman–Crippen MR) is 95.2 cm³/mol. The zero-order valence-electron chi connectivity index (χ0n) is 14.7. The minimum Gasteiger partial charge on any atom is -0.458 e. The van der Waals surface area contributed by atoms with Crippen molar-refractivity contribution in [3.05, 3.63) is 68.1 Å². The summed E-state index contributed by atoms with van der Waals surface area (Å²) in [5.74, 6) is 0. The second-order valence-corrected chi connectivity index (χ2v) is 8.66. The van der Waals surface area contributed by atoms with Crippen molar-refractivity contribution in [3.63, 3.8) is 0 Å². The molecule has 0 aliphatic rings. The number of sulfonamides is 2. The number of benzene rings is 2. The van der Waals surface area contributed by atoms with E-state index in [9.17, 15) is 16.8 Å². The molecule has 2 aromatic rings. The van der Waals surface area contributed by atoms with E-state index in [0.29, 0.717) is 0 Å². The Morgan fingerprint density at radius 1 is 0.615 bits per heavy atom. The molecule has 0 heterocycles. The van der Waals surface area contributed by atoms with E-state index in [2.05, 4.69) is 8.48 Å². The van der Waals surface area contributed by atoms with Gasteiger partial charge in [0.2, 0.25) is 0 Å². The van der Waals surface area contributed by atoms with Gasteiger partial charge in [-0.2, -0.15) is 0 Å².